The van der Waals surface area contributed by atoms with E-state index in [1.807, 2.05) is 24.3 Å². The molecule has 33 heavy (non-hydrogen) atoms. The molecule has 3 aromatic carbocycles. The summed E-state index contributed by atoms with van der Waals surface area (Å²) in [5.41, 5.74) is 3.97. The summed E-state index contributed by atoms with van der Waals surface area (Å²) in [7, 11) is 0. The highest BCUT2D eigenvalue weighted by Gasteiger charge is 2.27. The van der Waals surface area contributed by atoms with Gasteiger partial charge < -0.3 is 10.2 Å². The summed E-state index contributed by atoms with van der Waals surface area (Å²) in [6.45, 7) is 2.62. The van der Waals surface area contributed by atoms with Crippen LogP contribution in [0.15, 0.2) is 87.6 Å². The monoisotopic (exact) mass is 455 g/mol. The summed E-state index contributed by atoms with van der Waals surface area (Å²) in [4.78, 5) is 23.1. The number of nitrogens with one attached hydrogen (secondary N) is 1. The van der Waals surface area contributed by atoms with E-state index in [0.29, 0.717) is 6.54 Å². The number of likely N-dealkylation sites (tertiary alicyclic amines) is 1. The van der Waals surface area contributed by atoms with Crippen LogP contribution in [0.25, 0.3) is 0 Å². The minimum absolute atomic E-state index is 0.0174. The predicted octanol–water partition coefficient (Wildman–Crippen LogP) is 6.08. The minimum atomic E-state index is -0.0174. The number of nitrogens with zero attached hydrogens (tertiary/aromatic N) is 2. The lowest BCUT2D eigenvalue weighted by Crippen LogP contribution is -2.38. The average molecular weight is 456 g/mol. The maximum absolute atomic E-state index is 13.3. The number of hydrogen-bond acceptors (Lipinski definition) is 4. The third-order valence-corrected chi connectivity index (χ3v) is 7.36. The number of aliphatic imine (C=N–C) groups is 1. The fraction of sp³-hybridized carbons (Fsp3) is 0.286. The first-order valence-corrected chi connectivity index (χ1v) is 12.7. The Morgan fingerprint density at radius 3 is 2.48 bits per heavy atom. The summed E-state index contributed by atoms with van der Waals surface area (Å²) in [6, 6.07) is 24.7. The van der Waals surface area contributed by atoms with Gasteiger partial charge in [-0.1, -0.05) is 60.3 Å². The van der Waals surface area contributed by atoms with Crippen LogP contribution in [0.3, 0.4) is 0 Å². The molecule has 5 heteroatoms. The summed E-state index contributed by atoms with van der Waals surface area (Å²) in [5, 5.41) is 3.16. The van der Waals surface area contributed by atoms with Gasteiger partial charge in [0, 0.05) is 35.0 Å². The fourth-order valence-electron chi connectivity index (χ4n) is 4.53. The second-order valence-electron chi connectivity index (χ2n) is 8.58. The quantitative estimate of drug-likeness (QED) is 0.474. The maximum Gasteiger partial charge on any atom is 0.252 e. The molecule has 3 aromatic rings. The molecular formula is C28H29N3OS. The molecule has 2 aliphatic heterocycles. The highest BCUT2D eigenvalue weighted by Crippen LogP contribution is 2.41. The molecule has 2 aliphatic rings. The zero-order chi connectivity index (χ0) is 22.5. The third kappa shape index (κ3) is 4.98. The first-order chi connectivity index (χ1) is 16.3. The van der Waals surface area contributed by atoms with E-state index < -0.39 is 0 Å². The molecule has 0 spiro atoms. The van der Waals surface area contributed by atoms with Gasteiger partial charge in [-0.05, 0) is 61.9 Å². The number of piperidine rings is 1. The zero-order valence-corrected chi connectivity index (χ0v) is 19.6. The van der Waals surface area contributed by atoms with Crippen LogP contribution >= 0.6 is 11.8 Å². The summed E-state index contributed by atoms with van der Waals surface area (Å²) < 4.78 is 0. The molecule has 0 aromatic heterocycles. The van der Waals surface area contributed by atoms with Crippen molar-refractivity contribution >= 4 is 29.2 Å². The predicted molar refractivity (Wildman–Crippen MR) is 136 cm³/mol. The van der Waals surface area contributed by atoms with E-state index in [2.05, 4.69) is 58.7 Å². The van der Waals surface area contributed by atoms with Crippen molar-refractivity contribution in [3.05, 3.63) is 89.5 Å². The number of aryl methyl sites for hydroxylation is 1. The van der Waals surface area contributed by atoms with Gasteiger partial charge in [0.1, 0.15) is 5.84 Å². The number of fused-ring (bicyclic) bond motifs is 2. The molecule has 0 unspecified atom stereocenters. The third-order valence-electron chi connectivity index (χ3n) is 6.23. The van der Waals surface area contributed by atoms with Crippen LogP contribution in [0.5, 0.6) is 0 Å². The van der Waals surface area contributed by atoms with Gasteiger partial charge in [0.2, 0.25) is 0 Å². The Bertz CT molecular complexity index is 1150. The highest BCUT2D eigenvalue weighted by molar-refractivity contribution is 7.99. The Balaban J connectivity index is 1.42. The second kappa shape index (κ2) is 10.3. The molecule has 0 radical (unpaired) electrons. The lowest BCUT2D eigenvalue weighted by Gasteiger charge is -2.31. The Hall–Kier alpha value is -3.05. The number of carbonyl (C=O) groups excluding carboxylic acids is 1. The fourth-order valence-corrected chi connectivity index (χ4v) is 5.58. The molecule has 0 bridgehead atoms. The van der Waals surface area contributed by atoms with Gasteiger partial charge in [-0.15, -0.1) is 0 Å². The van der Waals surface area contributed by atoms with Crippen molar-refractivity contribution in [2.24, 2.45) is 4.99 Å². The van der Waals surface area contributed by atoms with E-state index >= 15 is 0 Å². The van der Waals surface area contributed by atoms with Crippen molar-refractivity contribution in [2.45, 2.75) is 41.9 Å². The normalized spacial score (nSPS) is 15.2. The standard InChI is InChI=1S/C28H29N3OS/c32-28(29-18-10-13-21-11-3-1-4-12-21)22-14-9-17-25-26(22)27(31-19-7-2-8-20-31)30-23-15-5-6-16-24(23)33-25/h1,3-6,9,11-12,14-17H,2,7-8,10,13,18-20H2,(H,29,32). The van der Waals surface area contributed by atoms with Gasteiger partial charge in [-0.2, -0.15) is 0 Å². The van der Waals surface area contributed by atoms with Gasteiger partial charge in [0.15, 0.2) is 0 Å². The summed E-state index contributed by atoms with van der Waals surface area (Å²) >= 11 is 1.71. The second-order valence-corrected chi connectivity index (χ2v) is 9.66. The highest BCUT2D eigenvalue weighted by atomic mass is 32.2. The first kappa shape index (κ1) is 21.8. The van der Waals surface area contributed by atoms with Gasteiger partial charge in [0.05, 0.1) is 11.3 Å². The van der Waals surface area contributed by atoms with Crippen molar-refractivity contribution < 1.29 is 4.79 Å². The SMILES string of the molecule is O=C(NCCCc1ccccc1)c1cccc2c1C(N1CCCCC1)=Nc1ccccc1S2. The molecule has 0 atom stereocenters. The molecule has 168 valence electrons. The number of amidine groups is 1. The number of carbonyl (C=O) groups is 1. The van der Waals surface area contributed by atoms with E-state index in [1.165, 1.54) is 12.0 Å². The van der Waals surface area contributed by atoms with Crippen LogP contribution in [0.2, 0.25) is 0 Å². The molecule has 1 saturated heterocycles. The van der Waals surface area contributed by atoms with Crippen LogP contribution in [0, 0.1) is 0 Å². The Kier molecular flexibility index (Phi) is 6.77. The van der Waals surface area contributed by atoms with E-state index in [9.17, 15) is 4.79 Å². The van der Waals surface area contributed by atoms with Crippen molar-refractivity contribution in [3.63, 3.8) is 0 Å². The van der Waals surface area contributed by atoms with Crippen molar-refractivity contribution in [2.75, 3.05) is 19.6 Å². The van der Waals surface area contributed by atoms with Crippen molar-refractivity contribution in [1.82, 2.24) is 10.2 Å². The lowest BCUT2D eigenvalue weighted by molar-refractivity contribution is 0.0952. The van der Waals surface area contributed by atoms with Crippen molar-refractivity contribution in [3.8, 4) is 0 Å². The zero-order valence-electron chi connectivity index (χ0n) is 18.8. The molecular weight excluding hydrogens is 426 g/mol. The molecule has 1 amide bonds. The van der Waals surface area contributed by atoms with E-state index in [4.69, 9.17) is 4.99 Å². The Morgan fingerprint density at radius 2 is 1.64 bits per heavy atom. The Labute approximate surface area is 200 Å². The molecule has 5 rings (SSSR count). The molecule has 4 nitrogen and oxygen atoms in total. The maximum atomic E-state index is 13.3. The largest absolute Gasteiger partial charge is 0.356 e. The summed E-state index contributed by atoms with van der Waals surface area (Å²) in [6.07, 6.45) is 5.46. The van der Waals surface area contributed by atoms with E-state index in [1.54, 1.807) is 11.8 Å². The molecule has 2 heterocycles. The van der Waals surface area contributed by atoms with Gasteiger partial charge in [-0.3, -0.25) is 4.79 Å². The van der Waals surface area contributed by atoms with Gasteiger partial charge in [0.25, 0.3) is 5.91 Å². The smallest absolute Gasteiger partial charge is 0.252 e. The van der Waals surface area contributed by atoms with Crippen LogP contribution in [-0.4, -0.2) is 36.3 Å². The molecule has 0 saturated carbocycles. The van der Waals surface area contributed by atoms with E-state index in [0.717, 1.165) is 71.2 Å². The van der Waals surface area contributed by atoms with Crippen LogP contribution in [-0.2, 0) is 6.42 Å². The lowest BCUT2D eigenvalue weighted by atomic mass is 10.0. The van der Waals surface area contributed by atoms with Crippen LogP contribution < -0.4 is 5.32 Å². The number of rotatable bonds is 5. The molecule has 0 aliphatic carbocycles. The minimum Gasteiger partial charge on any atom is -0.356 e. The first-order valence-electron chi connectivity index (χ1n) is 11.9. The van der Waals surface area contributed by atoms with Crippen LogP contribution in [0.1, 0.15) is 47.2 Å². The Morgan fingerprint density at radius 1 is 0.879 bits per heavy atom. The number of benzene rings is 3. The van der Waals surface area contributed by atoms with E-state index in [-0.39, 0.29) is 5.91 Å². The number of amides is 1. The topological polar surface area (TPSA) is 44.7 Å². The summed E-state index contributed by atoms with van der Waals surface area (Å²) in [5.74, 6) is 0.924. The van der Waals surface area contributed by atoms with Gasteiger partial charge >= 0.3 is 0 Å². The number of hydrogen-bond donors (Lipinski definition) is 1. The number of para-hydroxylation sites is 1. The van der Waals surface area contributed by atoms with Crippen LogP contribution in [0.4, 0.5) is 5.69 Å². The molecule has 1 N–H and O–H groups in total. The van der Waals surface area contributed by atoms with Gasteiger partial charge in [-0.25, -0.2) is 4.99 Å². The van der Waals surface area contributed by atoms with Crippen molar-refractivity contribution in [1.29, 1.82) is 0 Å². The molecule has 1 fully saturated rings. The average Bonchev–Trinajstić information content (AvgIpc) is 3.04.